The quantitative estimate of drug-likeness (QED) is 0.181. The fraction of sp³-hybridized carbons (Fsp3) is 0.0638. The van der Waals surface area contributed by atoms with Crippen LogP contribution in [0.5, 0.6) is 0 Å². The first kappa shape index (κ1) is 27.9. The molecule has 0 radical (unpaired) electrons. The third-order valence-electron chi connectivity index (χ3n) is 10.6. The van der Waals surface area contributed by atoms with Crippen molar-refractivity contribution in [1.82, 2.24) is 0 Å². The molecule has 0 aliphatic heterocycles. The Morgan fingerprint density at radius 1 is 0.408 bits per heavy atom. The van der Waals surface area contributed by atoms with Gasteiger partial charge in [-0.25, -0.2) is 0 Å². The van der Waals surface area contributed by atoms with Crippen LogP contribution in [-0.2, 0) is 5.41 Å². The predicted molar refractivity (Wildman–Crippen MR) is 206 cm³/mol. The van der Waals surface area contributed by atoms with Crippen LogP contribution in [0.1, 0.15) is 25.0 Å². The molecule has 0 amide bonds. The van der Waals surface area contributed by atoms with Gasteiger partial charge in [-0.05, 0) is 80.4 Å². The predicted octanol–water partition coefficient (Wildman–Crippen LogP) is 13.3. The Morgan fingerprint density at radius 2 is 1.02 bits per heavy atom. The van der Waals surface area contributed by atoms with E-state index in [0.717, 1.165) is 55.5 Å². The van der Waals surface area contributed by atoms with Gasteiger partial charge >= 0.3 is 0 Å². The van der Waals surface area contributed by atoms with Gasteiger partial charge < -0.3 is 9.32 Å². The summed E-state index contributed by atoms with van der Waals surface area (Å²) >= 11 is 0. The standard InChI is InChI=1S/C47H33NO/c1-47(2)42-24-14-13-21-36(42)37-26-25-32(29-43(37)47)48(31-17-7-4-8-18-31)33-27-40(30-15-5-3-6-16-30)45-41(28-33)44-38-22-11-9-19-34(38)35-20-10-12-23-39(35)46(44)49-45/h3-29H,1-2H3. The van der Waals surface area contributed by atoms with Crippen LogP contribution < -0.4 is 4.90 Å². The fourth-order valence-corrected chi connectivity index (χ4v) is 8.31. The molecule has 0 bridgehead atoms. The van der Waals surface area contributed by atoms with Crippen molar-refractivity contribution in [2.45, 2.75) is 19.3 Å². The van der Waals surface area contributed by atoms with Crippen LogP contribution in [0.15, 0.2) is 168 Å². The number of hydrogen-bond donors (Lipinski definition) is 0. The van der Waals surface area contributed by atoms with E-state index in [4.69, 9.17) is 4.42 Å². The summed E-state index contributed by atoms with van der Waals surface area (Å²) in [6.07, 6.45) is 0. The Labute approximate surface area is 285 Å². The Kier molecular flexibility index (Phi) is 5.95. The van der Waals surface area contributed by atoms with E-state index in [1.54, 1.807) is 0 Å². The molecule has 1 heterocycles. The highest BCUT2D eigenvalue weighted by Gasteiger charge is 2.36. The molecule has 0 saturated heterocycles. The molecule has 1 aliphatic carbocycles. The summed E-state index contributed by atoms with van der Waals surface area (Å²) in [6, 6.07) is 59.3. The number of furan rings is 1. The summed E-state index contributed by atoms with van der Waals surface area (Å²) in [5, 5.41) is 7.05. The molecule has 1 aromatic heterocycles. The van der Waals surface area contributed by atoms with Gasteiger partial charge in [0, 0.05) is 44.2 Å². The molecule has 232 valence electrons. The van der Waals surface area contributed by atoms with Crippen molar-refractivity contribution in [2.24, 2.45) is 0 Å². The van der Waals surface area contributed by atoms with Gasteiger partial charge in [0.05, 0.1) is 0 Å². The van der Waals surface area contributed by atoms with Crippen LogP contribution in [0.25, 0.3) is 65.7 Å². The second-order valence-corrected chi connectivity index (χ2v) is 13.7. The van der Waals surface area contributed by atoms with Crippen molar-refractivity contribution < 1.29 is 4.42 Å². The Bertz CT molecular complexity index is 2740. The van der Waals surface area contributed by atoms with Gasteiger partial charge in [0.1, 0.15) is 11.2 Å². The van der Waals surface area contributed by atoms with E-state index in [1.807, 2.05) is 0 Å². The monoisotopic (exact) mass is 627 g/mol. The van der Waals surface area contributed by atoms with Gasteiger partial charge in [-0.3, -0.25) is 0 Å². The molecule has 0 saturated carbocycles. The molecule has 2 nitrogen and oxygen atoms in total. The summed E-state index contributed by atoms with van der Waals surface area (Å²) in [5.74, 6) is 0. The van der Waals surface area contributed by atoms with Crippen molar-refractivity contribution in [3.8, 4) is 22.3 Å². The average molecular weight is 628 g/mol. The Morgan fingerprint density at radius 3 is 1.80 bits per heavy atom. The second-order valence-electron chi connectivity index (χ2n) is 13.7. The van der Waals surface area contributed by atoms with E-state index >= 15 is 0 Å². The average Bonchev–Trinajstić information content (AvgIpc) is 3.65. The maximum absolute atomic E-state index is 7.01. The van der Waals surface area contributed by atoms with Gasteiger partial charge in [-0.2, -0.15) is 0 Å². The highest BCUT2D eigenvalue weighted by Crippen LogP contribution is 2.52. The lowest BCUT2D eigenvalue weighted by molar-refractivity contribution is 0.660. The number of benzene rings is 8. The summed E-state index contributed by atoms with van der Waals surface area (Å²) < 4.78 is 7.01. The minimum absolute atomic E-state index is 0.107. The molecule has 0 fully saturated rings. The summed E-state index contributed by atoms with van der Waals surface area (Å²) in [4.78, 5) is 2.41. The lowest BCUT2D eigenvalue weighted by Gasteiger charge is -2.28. The van der Waals surface area contributed by atoms with Crippen LogP contribution in [0.4, 0.5) is 17.1 Å². The molecule has 9 aromatic rings. The topological polar surface area (TPSA) is 16.4 Å². The van der Waals surface area contributed by atoms with Crippen molar-refractivity contribution in [3.63, 3.8) is 0 Å². The number of para-hydroxylation sites is 1. The van der Waals surface area contributed by atoms with Gasteiger partial charge in [-0.15, -0.1) is 0 Å². The molecule has 1 aliphatic rings. The van der Waals surface area contributed by atoms with Crippen LogP contribution in [0, 0.1) is 0 Å². The Hall–Kier alpha value is -6.12. The van der Waals surface area contributed by atoms with Crippen molar-refractivity contribution in [2.75, 3.05) is 4.90 Å². The minimum atomic E-state index is -0.107. The first-order chi connectivity index (χ1) is 24.1. The van der Waals surface area contributed by atoms with E-state index in [1.165, 1.54) is 38.4 Å². The van der Waals surface area contributed by atoms with E-state index in [0.29, 0.717) is 0 Å². The van der Waals surface area contributed by atoms with Crippen LogP contribution in [0.3, 0.4) is 0 Å². The summed E-state index contributed by atoms with van der Waals surface area (Å²) in [7, 11) is 0. The molecule has 8 aromatic carbocycles. The van der Waals surface area contributed by atoms with Crippen LogP contribution in [0.2, 0.25) is 0 Å². The van der Waals surface area contributed by atoms with Gasteiger partial charge in [-0.1, -0.05) is 141 Å². The smallest absolute Gasteiger partial charge is 0.143 e. The number of anilines is 3. The first-order valence-electron chi connectivity index (χ1n) is 17.0. The van der Waals surface area contributed by atoms with E-state index in [-0.39, 0.29) is 5.41 Å². The SMILES string of the molecule is CC1(C)c2ccccc2-c2ccc(N(c3ccccc3)c3cc(-c4ccccc4)c4oc5c6ccccc6c6ccccc6c5c4c3)cc21. The fourth-order valence-electron chi connectivity index (χ4n) is 8.31. The van der Waals surface area contributed by atoms with E-state index < -0.39 is 0 Å². The third-order valence-corrected chi connectivity index (χ3v) is 10.6. The maximum atomic E-state index is 7.01. The number of rotatable bonds is 4. The van der Waals surface area contributed by atoms with Gasteiger partial charge in [0.2, 0.25) is 0 Å². The minimum Gasteiger partial charge on any atom is -0.455 e. The summed E-state index contributed by atoms with van der Waals surface area (Å²) in [6.45, 7) is 4.70. The van der Waals surface area contributed by atoms with Gasteiger partial charge in [0.15, 0.2) is 0 Å². The lowest BCUT2D eigenvalue weighted by Crippen LogP contribution is -2.16. The molecule has 0 atom stereocenters. The van der Waals surface area contributed by atoms with Crippen molar-refractivity contribution >= 4 is 60.5 Å². The lowest BCUT2D eigenvalue weighted by atomic mass is 9.82. The molecular formula is C47H33NO. The number of nitrogens with zero attached hydrogens (tertiary/aromatic N) is 1. The number of fused-ring (bicyclic) bond motifs is 11. The molecule has 10 rings (SSSR count). The van der Waals surface area contributed by atoms with Crippen LogP contribution >= 0.6 is 0 Å². The largest absolute Gasteiger partial charge is 0.455 e. The zero-order valence-electron chi connectivity index (χ0n) is 27.4. The zero-order chi connectivity index (χ0) is 32.7. The van der Waals surface area contributed by atoms with Crippen molar-refractivity contribution in [1.29, 1.82) is 0 Å². The normalized spacial score (nSPS) is 13.3. The van der Waals surface area contributed by atoms with E-state index in [2.05, 4.69) is 183 Å². The van der Waals surface area contributed by atoms with E-state index in [9.17, 15) is 0 Å². The molecule has 49 heavy (non-hydrogen) atoms. The summed E-state index contributed by atoms with van der Waals surface area (Å²) in [5.41, 5.74) is 12.6. The Balaban J connectivity index is 1.31. The molecule has 2 heteroatoms. The third kappa shape index (κ3) is 4.07. The van der Waals surface area contributed by atoms with Gasteiger partial charge in [0.25, 0.3) is 0 Å². The maximum Gasteiger partial charge on any atom is 0.143 e. The highest BCUT2D eigenvalue weighted by atomic mass is 16.3. The first-order valence-corrected chi connectivity index (χ1v) is 17.0. The molecule has 0 N–H and O–H groups in total. The van der Waals surface area contributed by atoms with Crippen LogP contribution in [-0.4, -0.2) is 0 Å². The zero-order valence-corrected chi connectivity index (χ0v) is 27.4. The highest BCUT2D eigenvalue weighted by molar-refractivity contribution is 6.31. The van der Waals surface area contributed by atoms with Crippen molar-refractivity contribution in [3.05, 3.63) is 175 Å². The molecular weight excluding hydrogens is 595 g/mol. The molecule has 0 spiro atoms. The number of hydrogen-bond acceptors (Lipinski definition) is 2. The molecule has 0 unspecified atom stereocenters. The second kappa shape index (κ2) is 10.4.